The van der Waals surface area contributed by atoms with E-state index in [4.69, 9.17) is 4.74 Å². The van der Waals surface area contributed by atoms with Gasteiger partial charge in [0.1, 0.15) is 42.5 Å². The van der Waals surface area contributed by atoms with E-state index < -0.39 is 84.0 Å². The Morgan fingerprint density at radius 3 is 1.58 bits per heavy atom. The van der Waals surface area contributed by atoms with E-state index in [1.165, 1.54) is 11.8 Å². The molecule has 3 heterocycles. The highest BCUT2D eigenvalue weighted by atomic mass is 16.5. The molecule has 2 bridgehead atoms. The van der Waals surface area contributed by atoms with Crippen molar-refractivity contribution in [1.29, 1.82) is 0 Å². The minimum Gasteiger partial charge on any atom is -0.353 e. The Morgan fingerprint density at radius 1 is 0.628 bits per heavy atom. The summed E-state index contributed by atoms with van der Waals surface area (Å²) in [6.07, 6.45) is 0.340. The molecule has 0 aromatic rings. The third-order valence-corrected chi connectivity index (χ3v) is 8.07. The minimum absolute atomic E-state index is 0.0231. The molecular formula is C30H50N6O7. The predicted octanol–water partition coefficient (Wildman–Crippen LogP) is 0.318. The van der Waals surface area contributed by atoms with Crippen molar-refractivity contribution in [3.05, 3.63) is 0 Å². The molecule has 3 aliphatic rings. The number of hydrogen-bond donors (Lipinski definition) is 5. The molecule has 6 amide bonds. The molecule has 3 fully saturated rings. The second kappa shape index (κ2) is 14.5. The first-order chi connectivity index (χ1) is 20.1. The maximum Gasteiger partial charge on any atom is 0.250 e. The number of ether oxygens (including phenoxy) is 1. The number of carbonyl (C=O) groups excluding carboxylic acids is 6. The van der Waals surface area contributed by atoms with Crippen LogP contribution in [0.25, 0.3) is 0 Å². The predicted molar refractivity (Wildman–Crippen MR) is 158 cm³/mol. The first-order valence-corrected chi connectivity index (χ1v) is 15.6. The molecule has 242 valence electrons. The maximum atomic E-state index is 13.8. The van der Waals surface area contributed by atoms with Crippen molar-refractivity contribution in [2.75, 3.05) is 0 Å². The SMILES string of the molecule is CC(C)C[C@@H]1NC(=O)[C@@H](C)NC(=O)[C@H](CC(C)C)NC(=O)[C@@H](CC(C)C)NC(=O)[C@@H]2CC[C@H]3O[C@H](C)[C@@H](NC1=O)C(=O)N32. The van der Waals surface area contributed by atoms with Gasteiger partial charge in [0.15, 0.2) is 0 Å². The Kier molecular flexibility index (Phi) is 11.6. The molecule has 0 aliphatic carbocycles. The molecule has 0 radical (unpaired) electrons. The normalized spacial score (nSPS) is 33.0. The van der Waals surface area contributed by atoms with E-state index in [1.54, 1.807) is 6.92 Å². The van der Waals surface area contributed by atoms with E-state index in [1.807, 2.05) is 41.5 Å². The Bertz CT molecular complexity index is 1080. The molecule has 3 saturated heterocycles. The van der Waals surface area contributed by atoms with Crippen molar-refractivity contribution in [1.82, 2.24) is 31.5 Å². The van der Waals surface area contributed by atoms with Crippen molar-refractivity contribution in [3.8, 4) is 0 Å². The smallest absolute Gasteiger partial charge is 0.250 e. The van der Waals surface area contributed by atoms with Gasteiger partial charge < -0.3 is 36.2 Å². The minimum atomic E-state index is -1.08. The summed E-state index contributed by atoms with van der Waals surface area (Å²) in [4.78, 5) is 82.3. The summed E-state index contributed by atoms with van der Waals surface area (Å²) in [5.41, 5.74) is 0. The van der Waals surface area contributed by atoms with Crippen LogP contribution in [0.4, 0.5) is 0 Å². The quantitative estimate of drug-likeness (QED) is 0.289. The van der Waals surface area contributed by atoms with Gasteiger partial charge in [0.05, 0.1) is 6.10 Å². The van der Waals surface area contributed by atoms with E-state index in [-0.39, 0.29) is 24.2 Å². The van der Waals surface area contributed by atoms with E-state index in [2.05, 4.69) is 26.6 Å². The zero-order chi connectivity index (χ0) is 32.2. The van der Waals surface area contributed by atoms with Gasteiger partial charge in [0, 0.05) is 0 Å². The van der Waals surface area contributed by atoms with Gasteiger partial charge in [0.2, 0.25) is 29.5 Å². The van der Waals surface area contributed by atoms with Crippen molar-refractivity contribution in [3.63, 3.8) is 0 Å². The fourth-order valence-corrected chi connectivity index (χ4v) is 5.91. The molecular weight excluding hydrogens is 556 g/mol. The second-order valence-electron chi connectivity index (χ2n) is 13.4. The molecule has 0 unspecified atom stereocenters. The molecule has 0 aromatic heterocycles. The summed E-state index contributed by atoms with van der Waals surface area (Å²) in [6.45, 7) is 14.6. The highest BCUT2D eigenvalue weighted by Crippen LogP contribution is 2.32. The second-order valence-corrected chi connectivity index (χ2v) is 13.4. The van der Waals surface area contributed by atoms with Crippen LogP contribution in [0.1, 0.15) is 87.5 Å². The van der Waals surface area contributed by atoms with E-state index in [0.29, 0.717) is 25.7 Å². The molecule has 3 aliphatic heterocycles. The fourth-order valence-electron chi connectivity index (χ4n) is 5.91. The van der Waals surface area contributed by atoms with E-state index in [9.17, 15) is 28.8 Å². The van der Waals surface area contributed by atoms with Crippen molar-refractivity contribution < 1.29 is 33.5 Å². The van der Waals surface area contributed by atoms with Crippen LogP contribution in [-0.2, 0) is 33.5 Å². The van der Waals surface area contributed by atoms with Crippen LogP contribution in [0.5, 0.6) is 0 Å². The summed E-state index contributed by atoms with van der Waals surface area (Å²) in [6, 6.07) is -5.89. The number of carbonyl (C=O) groups is 6. The molecule has 0 aromatic carbocycles. The molecule has 5 N–H and O–H groups in total. The van der Waals surface area contributed by atoms with Crippen LogP contribution >= 0.6 is 0 Å². The zero-order valence-corrected chi connectivity index (χ0v) is 26.7. The van der Waals surface area contributed by atoms with E-state index in [0.717, 1.165) is 0 Å². The Hall–Kier alpha value is -3.22. The number of fused-ring (bicyclic) bond motifs is 1. The van der Waals surface area contributed by atoms with Crippen LogP contribution in [0.3, 0.4) is 0 Å². The van der Waals surface area contributed by atoms with Crippen LogP contribution in [0, 0.1) is 17.8 Å². The van der Waals surface area contributed by atoms with Gasteiger partial charge in [-0.3, -0.25) is 28.8 Å². The first kappa shape index (κ1) is 34.3. The van der Waals surface area contributed by atoms with Gasteiger partial charge in [-0.2, -0.15) is 0 Å². The Morgan fingerprint density at radius 2 is 1.07 bits per heavy atom. The Labute approximate surface area is 254 Å². The molecule has 13 heteroatoms. The van der Waals surface area contributed by atoms with Gasteiger partial charge in [-0.25, -0.2) is 0 Å². The summed E-state index contributed by atoms with van der Waals surface area (Å²) in [5.74, 6) is -3.05. The lowest BCUT2D eigenvalue weighted by Gasteiger charge is -2.41. The summed E-state index contributed by atoms with van der Waals surface area (Å²) >= 11 is 0. The lowest BCUT2D eigenvalue weighted by molar-refractivity contribution is -0.179. The number of rotatable bonds is 6. The summed E-state index contributed by atoms with van der Waals surface area (Å²) in [7, 11) is 0. The zero-order valence-electron chi connectivity index (χ0n) is 26.7. The monoisotopic (exact) mass is 606 g/mol. The van der Waals surface area contributed by atoms with Crippen LogP contribution in [-0.4, -0.2) is 88.9 Å². The van der Waals surface area contributed by atoms with Gasteiger partial charge >= 0.3 is 0 Å². The first-order valence-electron chi connectivity index (χ1n) is 15.6. The molecule has 43 heavy (non-hydrogen) atoms. The van der Waals surface area contributed by atoms with Crippen LogP contribution < -0.4 is 26.6 Å². The Balaban J connectivity index is 2.01. The standard InChI is InChI=1S/C30H50N6O7/c1-14(2)11-19-26(38)31-17(7)25(37)32-21(13-16(5)6)28(40)35-24-18(8)43-23-10-9-22(36(23)30(24)42)29(41)34-20(12-15(3)4)27(39)33-19/h14-24H,9-13H2,1-8H3,(H,31,38)(H,32,37)(H,33,39)(H,34,41)(H,35,40)/t17-,18-,19+,20-,21+,22+,23-,24-/m1/s1. The van der Waals surface area contributed by atoms with Crippen LogP contribution in [0.2, 0.25) is 0 Å². The number of hydrogen-bond acceptors (Lipinski definition) is 7. The van der Waals surface area contributed by atoms with Gasteiger partial charge in [-0.05, 0) is 63.7 Å². The van der Waals surface area contributed by atoms with Crippen molar-refractivity contribution in [2.45, 2.75) is 136 Å². The molecule has 13 nitrogen and oxygen atoms in total. The molecule has 0 spiro atoms. The highest BCUT2D eigenvalue weighted by molar-refractivity contribution is 5.98. The number of nitrogens with zero attached hydrogens (tertiary/aromatic N) is 1. The lowest BCUT2D eigenvalue weighted by atomic mass is 9.99. The summed E-state index contributed by atoms with van der Waals surface area (Å²) in [5, 5.41) is 13.8. The van der Waals surface area contributed by atoms with Crippen LogP contribution in [0.15, 0.2) is 0 Å². The highest BCUT2D eigenvalue weighted by Gasteiger charge is 2.50. The summed E-state index contributed by atoms with van der Waals surface area (Å²) < 4.78 is 6.08. The van der Waals surface area contributed by atoms with Crippen molar-refractivity contribution in [2.24, 2.45) is 17.8 Å². The average Bonchev–Trinajstić information content (AvgIpc) is 3.32. The van der Waals surface area contributed by atoms with Crippen molar-refractivity contribution >= 4 is 35.4 Å². The van der Waals surface area contributed by atoms with Gasteiger partial charge in [-0.15, -0.1) is 0 Å². The lowest BCUT2D eigenvalue weighted by Crippen LogP contribution is -2.66. The molecule has 0 saturated carbocycles. The number of nitrogens with one attached hydrogen (secondary N) is 5. The fraction of sp³-hybridized carbons (Fsp3) is 0.800. The van der Waals surface area contributed by atoms with E-state index >= 15 is 0 Å². The molecule has 3 rings (SSSR count). The van der Waals surface area contributed by atoms with Gasteiger partial charge in [0.25, 0.3) is 5.91 Å². The third kappa shape index (κ3) is 8.67. The third-order valence-electron chi connectivity index (χ3n) is 8.07. The maximum absolute atomic E-state index is 13.8. The largest absolute Gasteiger partial charge is 0.353 e. The molecule has 8 atom stereocenters. The number of amides is 6. The topological polar surface area (TPSA) is 175 Å². The van der Waals surface area contributed by atoms with Gasteiger partial charge in [-0.1, -0.05) is 41.5 Å². The average molecular weight is 607 g/mol.